The maximum atomic E-state index is 13.8. The maximum absolute atomic E-state index is 13.8. The monoisotopic (exact) mass is 517 g/mol. The van der Waals surface area contributed by atoms with Crippen molar-refractivity contribution in [3.63, 3.8) is 0 Å². The van der Waals surface area contributed by atoms with Crippen molar-refractivity contribution in [1.82, 2.24) is 10.2 Å². The number of ether oxygens (including phenoxy) is 1. The van der Waals surface area contributed by atoms with Crippen molar-refractivity contribution in [2.45, 2.75) is 66.1 Å². The number of benzene rings is 2. The summed E-state index contributed by atoms with van der Waals surface area (Å²) >= 11 is 0. The number of anilines is 1. The topological polar surface area (TPSA) is 96.0 Å². The quantitative estimate of drug-likeness (QED) is 0.435. The van der Waals surface area contributed by atoms with E-state index in [1.165, 1.54) is 4.90 Å². The van der Waals surface area contributed by atoms with Crippen molar-refractivity contribution < 1.29 is 22.7 Å². The fourth-order valence-corrected chi connectivity index (χ4v) is 4.72. The zero-order valence-electron chi connectivity index (χ0n) is 22.2. The lowest BCUT2D eigenvalue weighted by Crippen LogP contribution is -2.53. The summed E-state index contributed by atoms with van der Waals surface area (Å²) in [7, 11) is -3.84. The highest BCUT2D eigenvalue weighted by atomic mass is 32.2. The van der Waals surface area contributed by atoms with Gasteiger partial charge in [-0.25, -0.2) is 8.42 Å². The molecule has 0 spiro atoms. The second kappa shape index (κ2) is 13.3. The molecule has 36 heavy (non-hydrogen) atoms. The van der Waals surface area contributed by atoms with Crippen molar-refractivity contribution in [2.75, 3.05) is 23.7 Å². The lowest BCUT2D eigenvalue weighted by molar-refractivity contribution is -0.140. The van der Waals surface area contributed by atoms with Gasteiger partial charge in [0.05, 0.1) is 18.6 Å². The largest absolute Gasteiger partial charge is 0.492 e. The number of hydrogen-bond acceptors (Lipinski definition) is 5. The highest BCUT2D eigenvalue weighted by Gasteiger charge is 2.33. The molecule has 2 rings (SSSR count). The number of aryl methyl sites for hydroxylation is 1. The number of amides is 2. The first-order valence-corrected chi connectivity index (χ1v) is 14.2. The standard InChI is InChI=1S/C27H39N3O5S/c1-7-21(5)28-27(32)23(8-2)29(18-22-15-11-10-14-20(22)4)26(31)19-30(36(6,33)34)24-16-12-13-17-25(24)35-9-3/h10-17,21,23H,7-9,18-19H2,1-6H3,(H,28,32)/t21-,23+/m1/s1. The molecule has 1 N–H and O–H groups in total. The van der Waals surface area contributed by atoms with Gasteiger partial charge in [-0.15, -0.1) is 0 Å². The van der Waals surface area contributed by atoms with E-state index < -0.39 is 28.5 Å². The Bertz CT molecular complexity index is 1140. The Labute approximate surface area is 215 Å². The van der Waals surface area contributed by atoms with Crippen molar-refractivity contribution in [2.24, 2.45) is 0 Å². The third kappa shape index (κ3) is 7.71. The summed E-state index contributed by atoms with van der Waals surface area (Å²) in [5.41, 5.74) is 2.15. The van der Waals surface area contributed by atoms with E-state index in [4.69, 9.17) is 4.74 Å². The van der Waals surface area contributed by atoms with Gasteiger partial charge in [-0.1, -0.05) is 50.2 Å². The molecule has 0 saturated carbocycles. The Kier molecular flexibility index (Phi) is 10.8. The molecule has 2 amide bonds. The Hall–Kier alpha value is -3.07. The van der Waals surface area contributed by atoms with Gasteiger partial charge in [-0.05, 0) is 56.9 Å². The van der Waals surface area contributed by atoms with Crippen LogP contribution in [0, 0.1) is 6.92 Å². The highest BCUT2D eigenvalue weighted by Crippen LogP contribution is 2.30. The zero-order chi connectivity index (χ0) is 26.9. The molecule has 0 aliphatic carbocycles. The molecular formula is C27H39N3O5S. The first kappa shape index (κ1) is 29.2. The van der Waals surface area contributed by atoms with E-state index in [0.717, 1.165) is 28.1 Å². The summed E-state index contributed by atoms with van der Waals surface area (Å²) in [4.78, 5) is 28.5. The molecule has 2 aromatic carbocycles. The minimum absolute atomic E-state index is 0.0486. The Morgan fingerprint density at radius 2 is 1.64 bits per heavy atom. The van der Waals surface area contributed by atoms with Crippen LogP contribution in [0.4, 0.5) is 5.69 Å². The molecule has 0 radical (unpaired) electrons. The Morgan fingerprint density at radius 3 is 2.22 bits per heavy atom. The SMILES string of the molecule is CCOc1ccccc1N(CC(=O)N(Cc1ccccc1C)[C@@H](CC)C(=O)N[C@H](C)CC)S(C)(=O)=O. The zero-order valence-corrected chi connectivity index (χ0v) is 23.0. The first-order valence-electron chi connectivity index (χ1n) is 12.4. The maximum Gasteiger partial charge on any atom is 0.244 e. The van der Waals surface area contributed by atoms with E-state index in [-0.39, 0.29) is 24.2 Å². The number of hydrogen-bond donors (Lipinski definition) is 1. The third-order valence-corrected chi connectivity index (χ3v) is 7.23. The van der Waals surface area contributed by atoms with Gasteiger partial charge in [0.15, 0.2) is 0 Å². The van der Waals surface area contributed by atoms with Gasteiger partial charge < -0.3 is 15.0 Å². The molecule has 8 nitrogen and oxygen atoms in total. The molecule has 198 valence electrons. The molecular weight excluding hydrogens is 478 g/mol. The number of nitrogens with one attached hydrogen (secondary N) is 1. The molecule has 9 heteroatoms. The molecule has 2 aromatic rings. The van der Waals surface area contributed by atoms with E-state index in [1.54, 1.807) is 31.2 Å². The minimum Gasteiger partial charge on any atom is -0.492 e. The molecule has 0 unspecified atom stereocenters. The number of carbonyl (C=O) groups is 2. The van der Waals surface area contributed by atoms with Crippen molar-refractivity contribution in [1.29, 1.82) is 0 Å². The summed E-state index contributed by atoms with van der Waals surface area (Å²) in [5.74, 6) is -0.360. The van der Waals surface area contributed by atoms with Gasteiger partial charge in [0.2, 0.25) is 21.8 Å². The molecule has 0 heterocycles. The number of sulfonamides is 1. The Balaban J connectivity index is 2.50. The van der Waals surface area contributed by atoms with Gasteiger partial charge >= 0.3 is 0 Å². The fourth-order valence-electron chi connectivity index (χ4n) is 3.87. The van der Waals surface area contributed by atoms with Crippen LogP contribution >= 0.6 is 0 Å². The lowest BCUT2D eigenvalue weighted by atomic mass is 10.1. The normalized spacial score (nSPS) is 12.9. The minimum atomic E-state index is -3.84. The van der Waals surface area contributed by atoms with E-state index in [0.29, 0.717) is 18.8 Å². The fraction of sp³-hybridized carbons (Fsp3) is 0.481. The molecule has 0 bridgehead atoms. The smallest absolute Gasteiger partial charge is 0.244 e. The van der Waals surface area contributed by atoms with Gasteiger partial charge in [-0.2, -0.15) is 0 Å². The number of rotatable bonds is 13. The highest BCUT2D eigenvalue weighted by molar-refractivity contribution is 7.92. The molecule has 2 atom stereocenters. The van der Waals surface area contributed by atoms with Gasteiger partial charge in [0, 0.05) is 12.6 Å². The van der Waals surface area contributed by atoms with E-state index in [1.807, 2.05) is 52.0 Å². The van der Waals surface area contributed by atoms with E-state index in [9.17, 15) is 18.0 Å². The molecule has 0 fully saturated rings. The third-order valence-electron chi connectivity index (χ3n) is 6.10. The first-order chi connectivity index (χ1) is 17.0. The van der Waals surface area contributed by atoms with Crippen molar-refractivity contribution in [3.05, 3.63) is 59.7 Å². The summed E-state index contributed by atoms with van der Waals surface area (Å²) < 4.78 is 32.4. The Morgan fingerprint density at radius 1 is 1.00 bits per heavy atom. The van der Waals surface area contributed by atoms with E-state index in [2.05, 4.69) is 5.32 Å². The summed E-state index contributed by atoms with van der Waals surface area (Å²) in [6.45, 7) is 9.55. The molecule has 0 aromatic heterocycles. The van der Waals surface area contributed by atoms with E-state index >= 15 is 0 Å². The molecule has 0 aliphatic heterocycles. The second-order valence-corrected chi connectivity index (χ2v) is 10.8. The summed E-state index contributed by atoms with van der Waals surface area (Å²) in [6.07, 6.45) is 2.19. The van der Waals surface area contributed by atoms with Gasteiger partial charge in [0.1, 0.15) is 18.3 Å². The summed E-state index contributed by atoms with van der Waals surface area (Å²) in [5, 5.41) is 2.97. The van der Waals surface area contributed by atoms with Crippen LogP contribution in [0.1, 0.15) is 51.7 Å². The second-order valence-electron chi connectivity index (χ2n) is 8.86. The van der Waals surface area contributed by atoms with Crippen LogP contribution in [-0.4, -0.2) is 56.6 Å². The lowest BCUT2D eigenvalue weighted by Gasteiger charge is -2.34. The average molecular weight is 518 g/mol. The van der Waals surface area contributed by atoms with Crippen molar-refractivity contribution in [3.8, 4) is 5.75 Å². The van der Waals surface area contributed by atoms with Crippen LogP contribution < -0.4 is 14.4 Å². The number of carbonyl (C=O) groups excluding carboxylic acids is 2. The van der Waals surface area contributed by atoms with Crippen LogP contribution in [0.2, 0.25) is 0 Å². The predicted octanol–water partition coefficient (Wildman–Crippen LogP) is 3.88. The molecule has 0 aliphatic rings. The van der Waals surface area contributed by atoms with Crippen LogP contribution in [0.15, 0.2) is 48.5 Å². The molecule has 0 saturated heterocycles. The van der Waals surface area contributed by atoms with Crippen LogP contribution in [0.5, 0.6) is 5.75 Å². The average Bonchev–Trinajstić information content (AvgIpc) is 2.83. The van der Waals surface area contributed by atoms with Gasteiger partial charge in [-0.3, -0.25) is 13.9 Å². The summed E-state index contributed by atoms with van der Waals surface area (Å²) in [6, 6.07) is 13.6. The number of nitrogens with zero attached hydrogens (tertiary/aromatic N) is 2. The predicted molar refractivity (Wildman–Crippen MR) is 144 cm³/mol. The van der Waals surface area contributed by atoms with Crippen molar-refractivity contribution >= 4 is 27.5 Å². The van der Waals surface area contributed by atoms with Crippen LogP contribution in [0.25, 0.3) is 0 Å². The number of para-hydroxylation sites is 2. The van der Waals surface area contributed by atoms with Crippen LogP contribution in [-0.2, 0) is 26.2 Å². The van der Waals surface area contributed by atoms with Crippen LogP contribution in [0.3, 0.4) is 0 Å². The van der Waals surface area contributed by atoms with Gasteiger partial charge in [0.25, 0.3) is 0 Å².